The van der Waals surface area contributed by atoms with Crippen LogP contribution in [0.1, 0.15) is 48.9 Å². The highest BCUT2D eigenvalue weighted by atomic mass is 16.5. The number of ether oxygens (including phenoxy) is 1. The van der Waals surface area contributed by atoms with Crippen molar-refractivity contribution in [3.63, 3.8) is 0 Å². The molecule has 4 fully saturated rings. The number of para-hydroxylation sites is 1. The maximum absolute atomic E-state index is 12.4. The summed E-state index contributed by atoms with van der Waals surface area (Å²) in [5.74, 6) is 2.00. The Morgan fingerprint density at radius 1 is 1.08 bits per heavy atom. The summed E-state index contributed by atoms with van der Waals surface area (Å²) in [7, 11) is 1.34. The molecule has 5 nitrogen and oxygen atoms in total. The van der Waals surface area contributed by atoms with Gasteiger partial charge in [-0.1, -0.05) is 12.1 Å². The SMILES string of the molecule is COC(=O)c1ccccc1NC(=O)CNC12CC3CC(CC(C3)C1)C2. The van der Waals surface area contributed by atoms with E-state index in [1.54, 1.807) is 24.3 Å². The minimum atomic E-state index is -0.440. The van der Waals surface area contributed by atoms with E-state index in [0.29, 0.717) is 17.8 Å². The van der Waals surface area contributed by atoms with Gasteiger partial charge < -0.3 is 15.4 Å². The first-order chi connectivity index (χ1) is 12.1. The Morgan fingerprint density at radius 2 is 1.68 bits per heavy atom. The predicted molar refractivity (Wildman–Crippen MR) is 95.3 cm³/mol. The number of carbonyl (C=O) groups is 2. The lowest BCUT2D eigenvalue weighted by molar-refractivity contribution is -0.116. The van der Waals surface area contributed by atoms with Crippen LogP contribution >= 0.6 is 0 Å². The zero-order chi connectivity index (χ0) is 17.4. The van der Waals surface area contributed by atoms with Gasteiger partial charge in [-0.25, -0.2) is 4.79 Å². The molecule has 0 spiro atoms. The number of hydrogen-bond acceptors (Lipinski definition) is 4. The zero-order valence-corrected chi connectivity index (χ0v) is 14.7. The van der Waals surface area contributed by atoms with Crippen molar-refractivity contribution in [3.05, 3.63) is 29.8 Å². The summed E-state index contributed by atoms with van der Waals surface area (Å²) in [6, 6.07) is 6.95. The standard InChI is InChI=1S/C20H26N2O3/c1-25-19(24)16-4-2-3-5-17(16)22-18(23)12-21-20-9-13-6-14(10-20)8-15(7-13)11-20/h2-5,13-15,21H,6-12H2,1H3,(H,22,23). The van der Waals surface area contributed by atoms with E-state index >= 15 is 0 Å². The molecule has 4 aliphatic carbocycles. The number of esters is 1. The van der Waals surface area contributed by atoms with Gasteiger partial charge in [0.15, 0.2) is 0 Å². The minimum absolute atomic E-state index is 0.105. The van der Waals surface area contributed by atoms with Crippen LogP contribution in [0.15, 0.2) is 24.3 Å². The van der Waals surface area contributed by atoms with Crippen molar-refractivity contribution in [1.82, 2.24) is 5.32 Å². The van der Waals surface area contributed by atoms with E-state index in [-0.39, 0.29) is 11.4 Å². The Labute approximate surface area is 148 Å². The molecule has 0 saturated heterocycles. The van der Waals surface area contributed by atoms with Crippen LogP contribution in [-0.4, -0.2) is 31.1 Å². The van der Waals surface area contributed by atoms with Crippen molar-refractivity contribution >= 4 is 17.6 Å². The Balaban J connectivity index is 1.38. The second-order valence-corrected chi connectivity index (χ2v) is 8.14. The maximum atomic E-state index is 12.4. The minimum Gasteiger partial charge on any atom is -0.465 e. The summed E-state index contributed by atoms with van der Waals surface area (Å²) < 4.78 is 4.78. The Morgan fingerprint density at radius 3 is 2.28 bits per heavy atom. The van der Waals surface area contributed by atoms with E-state index in [4.69, 9.17) is 4.74 Å². The normalized spacial score (nSPS) is 32.4. The van der Waals surface area contributed by atoms with Crippen molar-refractivity contribution in [3.8, 4) is 0 Å². The van der Waals surface area contributed by atoms with Gasteiger partial charge in [0.1, 0.15) is 0 Å². The molecule has 5 rings (SSSR count). The second-order valence-electron chi connectivity index (χ2n) is 8.14. The second kappa shape index (κ2) is 6.45. The molecule has 25 heavy (non-hydrogen) atoms. The van der Waals surface area contributed by atoms with Gasteiger partial charge in [0.25, 0.3) is 0 Å². The molecule has 4 bridgehead atoms. The molecule has 1 aromatic carbocycles. The van der Waals surface area contributed by atoms with E-state index in [9.17, 15) is 9.59 Å². The van der Waals surface area contributed by atoms with Crippen molar-refractivity contribution < 1.29 is 14.3 Å². The number of methoxy groups -OCH3 is 1. The molecule has 0 atom stereocenters. The topological polar surface area (TPSA) is 67.4 Å². The molecule has 0 aliphatic heterocycles. The lowest BCUT2D eigenvalue weighted by atomic mass is 9.53. The molecular weight excluding hydrogens is 316 g/mol. The largest absolute Gasteiger partial charge is 0.465 e. The highest BCUT2D eigenvalue weighted by molar-refractivity contribution is 6.01. The smallest absolute Gasteiger partial charge is 0.339 e. The maximum Gasteiger partial charge on any atom is 0.339 e. The number of amides is 1. The molecular formula is C20H26N2O3. The van der Waals surface area contributed by atoms with Crippen LogP contribution in [0.4, 0.5) is 5.69 Å². The first-order valence-electron chi connectivity index (χ1n) is 9.29. The Bertz CT molecular complexity index is 650. The molecule has 4 aliphatic rings. The average molecular weight is 342 g/mol. The van der Waals surface area contributed by atoms with Gasteiger partial charge in [-0.05, 0) is 68.4 Å². The first kappa shape index (κ1) is 16.6. The van der Waals surface area contributed by atoms with Gasteiger partial charge in [0.05, 0.1) is 24.9 Å². The van der Waals surface area contributed by atoms with Crippen molar-refractivity contribution in [2.45, 2.75) is 44.1 Å². The van der Waals surface area contributed by atoms with E-state index in [0.717, 1.165) is 17.8 Å². The summed E-state index contributed by atoms with van der Waals surface area (Å²) in [5.41, 5.74) is 1.05. The lowest BCUT2D eigenvalue weighted by Crippen LogP contribution is -2.59. The summed E-state index contributed by atoms with van der Waals surface area (Å²) in [5, 5.41) is 6.44. The monoisotopic (exact) mass is 342 g/mol. The molecule has 0 aromatic heterocycles. The molecule has 1 amide bonds. The fourth-order valence-corrected chi connectivity index (χ4v) is 5.67. The third-order valence-corrected chi connectivity index (χ3v) is 6.27. The van der Waals surface area contributed by atoms with Crippen molar-refractivity contribution in [1.29, 1.82) is 0 Å². The molecule has 2 N–H and O–H groups in total. The summed E-state index contributed by atoms with van der Waals surface area (Å²) in [6.45, 7) is 0.293. The highest BCUT2D eigenvalue weighted by Gasteiger charge is 2.50. The third kappa shape index (κ3) is 3.30. The molecule has 1 aromatic rings. The fraction of sp³-hybridized carbons (Fsp3) is 0.600. The molecule has 0 unspecified atom stereocenters. The number of nitrogens with one attached hydrogen (secondary N) is 2. The molecule has 134 valence electrons. The Hall–Kier alpha value is -1.88. The van der Waals surface area contributed by atoms with Gasteiger partial charge in [-0.2, -0.15) is 0 Å². The summed E-state index contributed by atoms with van der Waals surface area (Å²) >= 11 is 0. The van der Waals surface area contributed by atoms with Gasteiger partial charge in [0.2, 0.25) is 5.91 Å². The summed E-state index contributed by atoms with van der Waals surface area (Å²) in [6.07, 6.45) is 7.81. The molecule has 5 heteroatoms. The van der Waals surface area contributed by atoms with Gasteiger partial charge in [-0.3, -0.25) is 4.79 Å². The fourth-order valence-electron chi connectivity index (χ4n) is 5.67. The van der Waals surface area contributed by atoms with Gasteiger partial charge in [-0.15, -0.1) is 0 Å². The predicted octanol–water partition coefficient (Wildman–Crippen LogP) is 2.97. The van der Waals surface area contributed by atoms with Crippen LogP contribution in [0.2, 0.25) is 0 Å². The lowest BCUT2D eigenvalue weighted by Gasteiger charge is -2.57. The number of anilines is 1. The highest BCUT2D eigenvalue weighted by Crippen LogP contribution is 2.55. The van der Waals surface area contributed by atoms with Crippen LogP contribution in [0.25, 0.3) is 0 Å². The van der Waals surface area contributed by atoms with E-state index in [1.165, 1.54) is 45.6 Å². The first-order valence-corrected chi connectivity index (χ1v) is 9.29. The Kier molecular flexibility index (Phi) is 4.28. The average Bonchev–Trinajstić information content (AvgIpc) is 2.59. The van der Waals surface area contributed by atoms with E-state index < -0.39 is 5.97 Å². The molecule has 0 radical (unpaired) electrons. The zero-order valence-electron chi connectivity index (χ0n) is 14.7. The van der Waals surface area contributed by atoms with Crippen LogP contribution in [-0.2, 0) is 9.53 Å². The number of carbonyl (C=O) groups excluding carboxylic acids is 2. The quantitative estimate of drug-likeness (QED) is 0.807. The number of rotatable bonds is 5. The van der Waals surface area contributed by atoms with Crippen LogP contribution in [0, 0.1) is 17.8 Å². The van der Waals surface area contributed by atoms with Crippen LogP contribution < -0.4 is 10.6 Å². The van der Waals surface area contributed by atoms with Gasteiger partial charge >= 0.3 is 5.97 Å². The molecule has 4 saturated carbocycles. The third-order valence-electron chi connectivity index (χ3n) is 6.27. The summed E-state index contributed by atoms with van der Waals surface area (Å²) in [4.78, 5) is 24.3. The van der Waals surface area contributed by atoms with Crippen molar-refractivity contribution in [2.24, 2.45) is 17.8 Å². The van der Waals surface area contributed by atoms with E-state index in [1.807, 2.05) is 0 Å². The van der Waals surface area contributed by atoms with Crippen LogP contribution in [0.5, 0.6) is 0 Å². The van der Waals surface area contributed by atoms with Crippen molar-refractivity contribution in [2.75, 3.05) is 19.0 Å². The van der Waals surface area contributed by atoms with E-state index in [2.05, 4.69) is 10.6 Å². The van der Waals surface area contributed by atoms with Gasteiger partial charge in [0, 0.05) is 5.54 Å². The number of hydrogen-bond donors (Lipinski definition) is 2. The molecule has 0 heterocycles. The van der Waals surface area contributed by atoms with Crippen LogP contribution in [0.3, 0.4) is 0 Å². The number of benzene rings is 1.